The summed E-state index contributed by atoms with van der Waals surface area (Å²) in [7, 11) is 0. The van der Waals surface area contributed by atoms with E-state index in [-0.39, 0.29) is 5.88 Å². The minimum absolute atomic E-state index is 0.206. The molecule has 1 aliphatic carbocycles. The van der Waals surface area contributed by atoms with Crippen LogP contribution in [0.4, 0.5) is 5.88 Å². The second-order valence-electron chi connectivity index (χ2n) is 4.12. The molecule has 1 heterocycles. The molecule has 2 rings (SSSR count). The predicted octanol–water partition coefficient (Wildman–Crippen LogP) is 1.84. The minimum atomic E-state index is -0.530. The van der Waals surface area contributed by atoms with Gasteiger partial charge in [-0.1, -0.05) is 0 Å². The Kier molecular flexibility index (Phi) is 3.75. The highest BCUT2D eigenvalue weighted by molar-refractivity contribution is 5.17. The number of hydrogen-bond donors (Lipinski definition) is 1. The SMILES string of the molecule is CCOC1CC(NCc2ccc([N+](=O)[O-])o2)C1. The molecule has 1 aliphatic rings. The third kappa shape index (κ3) is 3.04. The standard InChI is InChI=1S/C11H16N2O4/c1-2-16-10-5-8(6-10)12-7-9-3-4-11(17-9)13(14)15/h3-4,8,10,12H,2,5-7H2,1H3. The summed E-state index contributed by atoms with van der Waals surface area (Å²) in [6.45, 7) is 3.27. The van der Waals surface area contributed by atoms with Gasteiger partial charge in [-0.3, -0.25) is 10.1 Å². The second kappa shape index (κ2) is 5.29. The van der Waals surface area contributed by atoms with Crippen molar-refractivity contribution in [3.05, 3.63) is 28.0 Å². The fraction of sp³-hybridized carbons (Fsp3) is 0.636. The van der Waals surface area contributed by atoms with E-state index in [1.54, 1.807) is 6.07 Å². The normalized spacial score (nSPS) is 23.4. The van der Waals surface area contributed by atoms with Crippen molar-refractivity contribution >= 4 is 5.88 Å². The Bertz CT molecular complexity index is 385. The zero-order chi connectivity index (χ0) is 12.3. The molecule has 0 unspecified atom stereocenters. The van der Waals surface area contributed by atoms with Gasteiger partial charge in [-0.15, -0.1) is 0 Å². The van der Waals surface area contributed by atoms with E-state index in [9.17, 15) is 10.1 Å². The van der Waals surface area contributed by atoms with Crippen LogP contribution >= 0.6 is 0 Å². The Morgan fingerprint density at radius 2 is 2.35 bits per heavy atom. The van der Waals surface area contributed by atoms with Gasteiger partial charge in [0.1, 0.15) is 10.7 Å². The Balaban J connectivity index is 1.70. The van der Waals surface area contributed by atoms with E-state index in [4.69, 9.17) is 9.15 Å². The van der Waals surface area contributed by atoms with Gasteiger partial charge >= 0.3 is 5.88 Å². The zero-order valence-corrected chi connectivity index (χ0v) is 9.72. The van der Waals surface area contributed by atoms with E-state index in [2.05, 4.69) is 5.32 Å². The third-order valence-electron chi connectivity index (χ3n) is 2.89. The lowest BCUT2D eigenvalue weighted by atomic mass is 9.89. The van der Waals surface area contributed by atoms with Crippen LogP contribution < -0.4 is 5.32 Å². The van der Waals surface area contributed by atoms with Crippen molar-refractivity contribution in [3.63, 3.8) is 0 Å². The van der Waals surface area contributed by atoms with Gasteiger partial charge in [0, 0.05) is 12.6 Å². The van der Waals surface area contributed by atoms with E-state index in [0.717, 1.165) is 19.4 Å². The van der Waals surface area contributed by atoms with Crippen LogP contribution in [0.5, 0.6) is 0 Å². The molecule has 0 atom stereocenters. The van der Waals surface area contributed by atoms with Crippen LogP contribution in [0.3, 0.4) is 0 Å². The number of rotatable bonds is 6. The van der Waals surface area contributed by atoms with Gasteiger partial charge < -0.3 is 14.5 Å². The summed E-state index contributed by atoms with van der Waals surface area (Å²) >= 11 is 0. The Morgan fingerprint density at radius 3 is 2.94 bits per heavy atom. The smallest absolute Gasteiger partial charge is 0.404 e. The highest BCUT2D eigenvalue weighted by Gasteiger charge is 2.29. The molecule has 0 saturated heterocycles. The Hall–Kier alpha value is -1.40. The maximum absolute atomic E-state index is 10.4. The highest BCUT2D eigenvalue weighted by atomic mass is 16.6. The molecule has 1 N–H and O–H groups in total. The average Bonchev–Trinajstić information content (AvgIpc) is 2.70. The minimum Gasteiger partial charge on any atom is -0.404 e. The van der Waals surface area contributed by atoms with Crippen molar-refractivity contribution in [2.45, 2.75) is 38.5 Å². The van der Waals surface area contributed by atoms with Crippen molar-refractivity contribution in [1.29, 1.82) is 0 Å². The van der Waals surface area contributed by atoms with Gasteiger partial charge in [-0.05, 0) is 25.8 Å². The largest absolute Gasteiger partial charge is 0.433 e. The van der Waals surface area contributed by atoms with Crippen molar-refractivity contribution in [1.82, 2.24) is 5.32 Å². The molecule has 6 nitrogen and oxygen atoms in total. The topological polar surface area (TPSA) is 77.5 Å². The second-order valence-corrected chi connectivity index (χ2v) is 4.12. The Morgan fingerprint density at radius 1 is 1.59 bits per heavy atom. The number of nitro groups is 1. The molecule has 0 spiro atoms. The van der Waals surface area contributed by atoms with Crippen molar-refractivity contribution in [3.8, 4) is 0 Å². The fourth-order valence-electron chi connectivity index (χ4n) is 1.91. The van der Waals surface area contributed by atoms with Crippen LogP contribution in [0.2, 0.25) is 0 Å². The van der Waals surface area contributed by atoms with Crippen molar-refractivity contribution < 1.29 is 14.1 Å². The first kappa shape index (κ1) is 12.1. The van der Waals surface area contributed by atoms with Gasteiger partial charge in [0.15, 0.2) is 0 Å². The summed E-state index contributed by atoms with van der Waals surface area (Å²) in [4.78, 5) is 9.88. The maximum Gasteiger partial charge on any atom is 0.433 e. The first-order valence-corrected chi connectivity index (χ1v) is 5.77. The number of hydrogen-bond acceptors (Lipinski definition) is 5. The van der Waals surface area contributed by atoms with Gasteiger partial charge in [-0.25, -0.2) is 0 Å². The number of nitrogens with one attached hydrogen (secondary N) is 1. The van der Waals surface area contributed by atoms with Crippen molar-refractivity contribution in [2.24, 2.45) is 0 Å². The molecule has 94 valence electrons. The van der Waals surface area contributed by atoms with Gasteiger partial charge in [0.25, 0.3) is 0 Å². The summed E-state index contributed by atoms with van der Waals surface area (Å²) in [5.74, 6) is 0.388. The Labute approximate surface area is 99.1 Å². The van der Waals surface area contributed by atoms with E-state index < -0.39 is 4.92 Å². The number of furan rings is 1. The van der Waals surface area contributed by atoms with Crippen molar-refractivity contribution in [2.75, 3.05) is 6.61 Å². The van der Waals surface area contributed by atoms with E-state index in [1.165, 1.54) is 6.07 Å². The molecule has 0 radical (unpaired) electrons. The quantitative estimate of drug-likeness (QED) is 0.606. The lowest BCUT2D eigenvalue weighted by molar-refractivity contribution is -0.402. The van der Waals surface area contributed by atoms with E-state index >= 15 is 0 Å². The van der Waals surface area contributed by atoms with Crippen LogP contribution in [0, 0.1) is 10.1 Å². The molecular formula is C11H16N2O4. The van der Waals surface area contributed by atoms with Crippen LogP contribution in [0.1, 0.15) is 25.5 Å². The molecule has 0 aliphatic heterocycles. The third-order valence-corrected chi connectivity index (χ3v) is 2.89. The molecular weight excluding hydrogens is 224 g/mol. The van der Waals surface area contributed by atoms with Crippen LogP contribution in [-0.2, 0) is 11.3 Å². The summed E-state index contributed by atoms with van der Waals surface area (Å²) in [6, 6.07) is 3.43. The van der Waals surface area contributed by atoms with Crippen LogP contribution in [-0.4, -0.2) is 23.7 Å². The van der Waals surface area contributed by atoms with Crippen LogP contribution in [0.25, 0.3) is 0 Å². The van der Waals surface area contributed by atoms with Gasteiger partial charge in [0.2, 0.25) is 0 Å². The predicted molar refractivity (Wildman–Crippen MR) is 60.6 cm³/mol. The highest BCUT2D eigenvalue weighted by Crippen LogP contribution is 2.24. The van der Waals surface area contributed by atoms with Crippen LogP contribution in [0.15, 0.2) is 16.5 Å². The molecule has 0 aromatic carbocycles. The number of nitrogens with zero attached hydrogens (tertiary/aromatic N) is 1. The maximum atomic E-state index is 10.4. The molecule has 6 heteroatoms. The molecule has 17 heavy (non-hydrogen) atoms. The molecule has 0 amide bonds. The lowest BCUT2D eigenvalue weighted by Crippen LogP contribution is -2.45. The van der Waals surface area contributed by atoms with E-state index in [0.29, 0.717) is 24.5 Å². The van der Waals surface area contributed by atoms with Gasteiger partial charge in [0.05, 0.1) is 18.7 Å². The molecule has 1 fully saturated rings. The first-order chi connectivity index (χ1) is 8.19. The summed E-state index contributed by atoms with van der Waals surface area (Å²) in [6.07, 6.45) is 2.36. The average molecular weight is 240 g/mol. The molecule has 1 aromatic rings. The summed E-state index contributed by atoms with van der Waals surface area (Å²) in [5, 5.41) is 13.7. The monoisotopic (exact) mass is 240 g/mol. The number of ether oxygens (including phenoxy) is 1. The lowest BCUT2D eigenvalue weighted by Gasteiger charge is -2.35. The zero-order valence-electron chi connectivity index (χ0n) is 9.72. The first-order valence-electron chi connectivity index (χ1n) is 5.77. The molecule has 1 aromatic heterocycles. The molecule has 1 saturated carbocycles. The van der Waals surface area contributed by atoms with E-state index in [1.807, 2.05) is 6.92 Å². The summed E-state index contributed by atoms with van der Waals surface area (Å²) in [5.41, 5.74) is 0. The van der Waals surface area contributed by atoms with Gasteiger partial charge in [-0.2, -0.15) is 0 Å². The summed E-state index contributed by atoms with van der Waals surface area (Å²) < 4.78 is 10.5. The molecule has 0 bridgehead atoms. The fourth-order valence-corrected chi connectivity index (χ4v) is 1.91.